The van der Waals surface area contributed by atoms with Crippen LogP contribution in [0.1, 0.15) is 57.8 Å². The minimum atomic E-state index is -1.10. The molecule has 2 aromatic rings. The van der Waals surface area contributed by atoms with E-state index in [4.69, 9.17) is 4.74 Å². The number of hydrogen-bond acceptors (Lipinski definition) is 5. The van der Waals surface area contributed by atoms with Crippen LogP contribution in [0.25, 0.3) is 6.08 Å². The van der Waals surface area contributed by atoms with Crippen LogP contribution in [0, 0.1) is 11.8 Å². The second-order valence-electron chi connectivity index (χ2n) is 10.8. The van der Waals surface area contributed by atoms with Crippen LogP contribution in [0.15, 0.2) is 60.8 Å². The zero-order valence-corrected chi connectivity index (χ0v) is 23.8. The fraction of sp³-hybridized carbons (Fsp3) is 0.452. The summed E-state index contributed by atoms with van der Waals surface area (Å²) in [6, 6.07) is 14.4. The molecule has 2 heterocycles. The van der Waals surface area contributed by atoms with Crippen LogP contribution in [0.2, 0.25) is 0 Å². The van der Waals surface area contributed by atoms with E-state index in [2.05, 4.69) is 16.0 Å². The van der Waals surface area contributed by atoms with Gasteiger partial charge < -0.3 is 20.7 Å². The molecule has 0 fully saturated rings. The van der Waals surface area contributed by atoms with Crippen LogP contribution in [-0.4, -0.2) is 54.8 Å². The molecule has 0 unspecified atom stereocenters. The van der Waals surface area contributed by atoms with E-state index in [1.54, 1.807) is 12.3 Å². The first kappa shape index (κ1) is 29.9. The first-order valence-corrected chi connectivity index (χ1v) is 13.7. The van der Waals surface area contributed by atoms with Crippen molar-refractivity contribution in [1.82, 2.24) is 20.9 Å². The van der Waals surface area contributed by atoms with Gasteiger partial charge in [-0.25, -0.2) is 0 Å². The quantitative estimate of drug-likeness (QED) is 0.477. The Hall–Kier alpha value is -3.65. The molecule has 4 rings (SSSR count). The van der Waals surface area contributed by atoms with E-state index in [0.717, 1.165) is 17.5 Å². The van der Waals surface area contributed by atoms with E-state index in [0.29, 0.717) is 12.2 Å². The zero-order chi connectivity index (χ0) is 28.5. The van der Waals surface area contributed by atoms with Gasteiger partial charge in [0.2, 0.25) is 17.7 Å². The molecule has 2 aromatic carbocycles. The van der Waals surface area contributed by atoms with Crippen molar-refractivity contribution in [1.29, 1.82) is 0 Å². The molecule has 0 spiro atoms. The first-order chi connectivity index (χ1) is 18.6. The number of amides is 3. The minimum absolute atomic E-state index is 0.0523. The van der Waals surface area contributed by atoms with Crippen molar-refractivity contribution in [3.8, 4) is 5.75 Å². The second-order valence-corrected chi connectivity index (χ2v) is 10.8. The number of ether oxygens (including phenoxy) is 1. The lowest BCUT2D eigenvalue weighted by molar-refractivity contribution is -0.136. The number of rotatable bonds is 8. The summed E-state index contributed by atoms with van der Waals surface area (Å²) in [5.41, 5.74) is 1.61. The summed E-state index contributed by atoms with van der Waals surface area (Å²) in [4.78, 5) is 42.7. The molecule has 2 aliphatic rings. The van der Waals surface area contributed by atoms with Gasteiger partial charge in [0.25, 0.3) is 0 Å². The van der Waals surface area contributed by atoms with Gasteiger partial charge in [-0.2, -0.15) is 0 Å². The number of fused-ring (bicyclic) bond motifs is 10. The first-order valence-electron chi connectivity index (χ1n) is 13.7. The van der Waals surface area contributed by atoms with Crippen LogP contribution in [0.5, 0.6) is 5.75 Å². The molecule has 2 aliphatic heterocycles. The van der Waals surface area contributed by atoms with Crippen molar-refractivity contribution in [2.45, 2.75) is 64.8 Å². The van der Waals surface area contributed by atoms with Gasteiger partial charge in [-0.1, -0.05) is 76.6 Å². The molecule has 0 aromatic heterocycles. The van der Waals surface area contributed by atoms with E-state index < -0.39 is 30.1 Å². The Labute approximate surface area is 232 Å². The van der Waals surface area contributed by atoms with E-state index in [1.807, 2.05) is 101 Å². The summed E-state index contributed by atoms with van der Waals surface area (Å²) in [5.74, 6) is -0.334. The zero-order valence-electron chi connectivity index (χ0n) is 23.8. The summed E-state index contributed by atoms with van der Waals surface area (Å²) < 4.78 is 6.44. The molecule has 0 radical (unpaired) electrons. The summed E-state index contributed by atoms with van der Waals surface area (Å²) in [7, 11) is 3.71. The SMILES string of the molecule is CC[C@H](C)[C@@H](C(=O)N[C@H]1C(=O)N[C@H](CC(C)C)C(=O)NC=Cc2ccc(cc2)O[C@@H]1c1ccccc1)N(C)C. The molecule has 39 heavy (non-hydrogen) atoms. The van der Waals surface area contributed by atoms with Crippen LogP contribution >= 0.6 is 0 Å². The van der Waals surface area contributed by atoms with Crippen molar-refractivity contribution in [2.24, 2.45) is 11.8 Å². The summed E-state index contributed by atoms with van der Waals surface area (Å²) in [6.45, 7) is 8.03. The Morgan fingerprint density at radius 3 is 2.26 bits per heavy atom. The highest BCUT2D eigenvalue weighted by Gasteiger charge is 2.38. The largest absolute Gasteiger partial charge is 0.483 e. The minimum Gasteiger partial charge on any atom is -0.483 e. The smallest absolute Gasteiger partial charge is 0.247 e. The summed E-state index contributed by atoms with van der Waals surface area (Å²) in [5, 5.41) is 8.72. The molecule has 2 bridgehead atoms. The highest BCUT2D eigenvalue weighted by Crippen LogP contribution is 2.27. The average Bonchev–Trinajstić information content (AvgIpc) is 2.90. The highest BCUT2D eigenvalue weighted by atomic mass is 16.5. The maximum absolute atomic E-state index is 14.0. The molecule has 0 aliphatic carbocycles. The van der Waals surface area contributed by atoms with Gasteiger partial charge in [-0.05, 0) is 61.7 Å². The van der Waals surface area contributed by atoms with Crippen molar-refractivity contribution in [3.05, 3.63) is 71.9 Å². The number of hydrogen-bond donors (Lipinski definition) is 3. The second kappa shape index (κ2) is 13.9. The Morgan fingerprint density at radius 1 is 1.00 bits per heavy atom. The van der Waals surface area contributed by atoms with E-state index in [-0.39, 0.29) is 23.7 Å². The molecule has 5 atom stereocenters. The van der Waals surface area contributed by atoms with Crippen LogP contribution in [0.4, 0.5) is 0 Å². The lowest BCUT2D eigenvalue weighted by atomic mass is 9.95. The number of likely N-dealkylation sites (N-methyl/N-ethyl adjacent to an activating group) is 1. The number of nitrogens with one attached hydrogen (secondary N) is 3. The van der Waals surface area contributed by atoms with Gasteiger partial charge in [-0.15, -0.1) is 0 Å². The predicted molar refractivity (Wildman–Crippen MR) is 154 cm³/mol. The van der Waals surface area contributed by atoms with Crippen molar-refractivity contribution >= 4 is 23.8 Å². The average molecular weight is 535 g/mol. The van der Waals surface area contributed by atoms with E-state index >= 15 is 0 Å². The van der Waals surface area contributed by atoms with Crippen LogP contribution in [-0.2, 0) is 14.4 Å². The van der Waals surface area contributed by atoms with Gasteiger partial charge in [0, 0.05) is 6.20 Å². The normalized spacial score (nSPS) is 21.5. The maximum Gasteiger partial charge on any atom is 0.247 e. The molecule has 210 valence electrons. The number of carbonyl (C=O) groups excluding carboxylic acids is 3. The van der Waals surface area contributed by atoms with Crippen molar-refractivity contribution < 1.29 is 19.1 Å². The topological polar surface area (TPSA) is 99.8 Å². The molecule has 3 amide bonds. The van der Waals surface area contributed by atoms with Crippen LogP contribution in [0.3, 0.4) is 0 Å². The Balaban J connectivity index is 2.11. The number of benzene rings is 2. The third kappa shape index (κ3) is 8.17. The van der Waals surface area contributed by atoms with Crippen molar-refractivity contribution in [3.63, 3.8) is 0 Å². The Morgan fingerprint density at radius 2 is 1.67 bits per heavy atom. The van der Waals surface area contributed by atoms with Gasteiger partial charge in [-0.3, -0.25) is 19.3 Å². The van der Waals surface area contributed by atoms with Crippen LogP contribution < -0.4 is 20.7 Å². The maximum atomic E-state index is 14.0. The summed E-state index contributed by atoms with van der Waals surface area (Å²) >= 11 is 0. The molecule has 8 heteroatoms. The fourth-order valence-corrected chi connectivity index (χ4v) is 4.80. The molecule has 8 nitrogen and oxygen atoms in total. The monoisotopic (exact) mass is 534 g/mol. The van der Waals surface area contributed by atoms with Gasteiger partial charge in [0.15, 0.2) is 6.10 Å². The van der Waals surface area contributed by atoms with E-state index in [9.17, 15) is 14.4 Å². The lowest BCUT2D eigenvalue weighted by Gasteiger charge is -2.34. The molecular weight excluding hydrogens is 492 g/mol. The predicted octanol–water partition coefficient (Wildman–Crippen LogP) is 3.90. The summed E-state index contributed by atoms with van der Waals surface area (Å²) in [6.07, 6.45) is 3.74. The number of carbonyl (C=O) groups is 3. The van der Waals surface area contributed by atoms with Gasteiger partial charge in [0.1, 0.15) is 17.8 Å². The number of nitrogens with zero attached hydrogens (tertiary/aromatic N) is 1. The van der Waals surface area contributed by atoms with Crippen molar-refractivity contribution in [2.75, 3.05) is 14.1 Å². The standard InChI is InChI=1S/C31H42N4O4/c1-7-21(4)27(35(5)6)31(38)34-26-28(23-11-9-8-10-12-23)39-24-15-13-22(14-16-24)17-18-32-29(36)25(19-20(2)3)33-30(26)37/h8-18,20-21,25-28H,7,19H2,1-6H3,(H,32,36)(H,33,37)(H,34,38)/t21-,25+,26+,27-,28+/m0/s1. The van der Waals surface area contributed by atoms with Gasteiger partial charge >= 0.3 is 0 Å². The lowest BCUT2D eigenvalue weighted by Crippen LogP contribution is -2.59. The van der Waals surface area contributed by atoms with Gasteiger partial charge in [0.05, 0.1) is 6.04 Å². The highest BCUT2D eigenvalue weighted by molar-refractivity contribution is 5.94. The molecule has 3 N–H and O–H groups in total. The molecule has 0 saturated heterocycles. The third-order valence-corrected chi connectivity index (χ3v) is 7.00. The fourth-order valence-electron chi connectivity index (χ4n) is 4.80. The Bertz CT molecular complexity index is 1130. The third-order valence-electron chi connectivity index (χ3n) is 7.00. The molecular formula is C31H42N4O4. The molecule has 0 saturated carbocycles. The van der Waals surface area contributed by atoms with E-state index in [1.165, 1.54) is 0 Å². The Kier molecular flexibility index (Phi) is 10.7.